The number of nitrogens with zero attached hydrogens (tertiary/aromatic N) is 2. The molecule has 0 bridgehead atoms. The first-order valence-electron chi connectivity index (χ1n) is 8.30. The van der Waals surface area contributed by atoms with E-state index in [1.54, 1.807) is 13.0 Å². The lowest BCUT2D eigenvalue weighted by atomic mass is 10.0. The van der Waals surface area contributed by atoms with Crippen LogP contribution in [0.3, 0.4) is 0 Å². The molecule has 2 fully saturated rings. The largest absolute Gasteiger partial charge is 0.372 e. The summed E-state index contributed by atoms with van der Waals surface area (Å²) >= 11 is 0. The molecule has 2 heterocycles. The number of urea groups is 1. The van der Waals surface area contributed by atoms with E-state index >= 15 is 0 Å². The van der Waals surface area contributed by atoms with Crippen LogP contribution in [0.2, 0.25) is 0 Å². The van der Waals surface area contributed by atoms with Crippen molar-refractivity contribution in [2.75, 3.05) is 24.5 Å². The summed E-state index contributed by atoms with van der Waals surface area (Å²) in [4.78, 5) is 27.5. The first-order chi connectivity index (χ1) is 11.1. The summed E-state index contributed by atoms with van der Waals surface area (Å²) in [5.41, 5.74) is 3.66. The Morgan fingerprint density at radius 3 is 2.52 bits per heavy atom. The fraction of sp³-hybridized carbons (Fsp3) is 0.444. The molecule has 2 aliphatic rings. The minimum atomic E-state index is -0.341. The Balaban J connectivity index is 1.82. The maximum absolute atomic E-state index is 12.1. The second kappa shape index (κ2) is 6.44. The van der Waals surface area contributed by atoms with Crippen molar-refractivity contribution >= 4 is 23.7 Å². The lowest BCUT2D eigenvalue weighted by Gasteiger charge is -2.29. The highest BCUT2D eigenvalue weighted by atomic mass is 16.2. The lowest BCUT2D eigenvalue weighted by molar-refractivity contribution is -0.122. The van der Waals surface area contributed by atoms with Gasteiger partial charge in [-0.3, -0.25) is 9.69 Å². The summed E-state index contributed by atoms with van der Waals surface area (Å²) < 4.78 is 0. The van der Waals surface area contributed by atoms with E-state index in [9.17, 15) is 9.59 Å². The van der Waals surface area contributed by atoms with E-state index in [1.165, 1.54) is 29.8 Å². The van der Waals surface area contributed by atoms with Crippen molar-refractivity contribution in [1.29, 1.82) is 0 Å². The van der Waals surface area contributed by atoms with Gasteiger partial charge in [0.2, 0.25) is 0 Å². The van der Waals surface area contributed by atoms with Gasteiger partial charge in [-0.1, -0.05) is 6.07 Å². The van der Waals surface area contributed by atoms with Crippen LogP contribution in [-0.4, -0.2) is 36.5 Å². The molecule has 0 unspecified atom stereocenters. The zero-order valence-corrected chi connectivity index (χ0v) is 13.8. The van der Waals surface area contributed by atoms with E-state index in [-0.39, 0.29) is 11.9 Å². The standard InChI is InChI=1S/C18H23N3O2/c1-3-21-17(22)16(19-18(21)23)12-14-7-8-15(11-13(14)2)20-9-5-4-6-10-20/h7-8,11-12H,3-6,9-10H2,1-2H3,(H,19,23)/b16-12+. The highest BCUT2D eigenvalue weighted by Gasteiger charge is 2.32. The van der Waals surface area contributed by atoms with Crippen molar-refractivity contribution in [2.24, 2.45) is 0 Å². The van der Waals surface area contributed by atoms with E-state index in [0.717, 1.165) is 24.2 Å². The van der Waals surface area contributed by atoms with Crippen molar-refractivity contribution in [3.8, 4) is 0 Å². The predicted octanol–water partition coefficient (Wildman–Crippen LogP) is 2.90. The van der Waals surface area contributed by atoms with Crippen molar-refractivity contribution in [3.63, 3.8) is 0 Å². The number of benzene rings is 1. The summed E-state index contributed by atoms with van der Waals surface area (Å²) in [6.07, 6.45) is 5.58. The van der Waals surface area contributed by atoms with Gasteiger partial charge in [0, 0.05) is 25.3 Å². The molecule has 1 aromatic carbocycles. The Bertz CT molecular complexity index is 660. The Morgan fingerprint density at radius 2 is 1.91 bits per heavy atom. The molecule has 3 rings (SSSR count). The van der Waals surface area contributed by atoms with Crippen LogP contribution in [0, 0.1) is 6.92 Å². The van der Waals surface area contributed by atoms with Crippen LogP contribution in [0.15, 0.2) is 23.9 Å². The van der Waals surface area contributed by atoms with Gasteiger partial charge in [-0.2, -0.15) is 0 Å². The number of amides is 3. The summed E-state index contributed by atoms with van der Waals surface area (Å²) in [7, 11) is 0. The molecule has 122 valence electrons. The summed E-state index contributed by atoms with van der Waals surface area (Å²) in [6.45, 7) is 6.44. The topological polar surface area (TPSA) is 52.7 Å². The highest BCUT2D eigenvalue weighted by molar-refractivity contribution is 6.14. The first-order valence-corrected chi connectivity index (χ1v) is 8.30. The molecule has 0 spiro atoms. The number of piperidine rings is 1. The number of rotatable bonds is 3. The molecule has 5 heteroatoms. The molecule has 0 radical (unpaired) electrons. The van der Waals surface area contributed by atoms with Crippen LogP contribution in [0.4, 0.5) is 10.5 Å². The number of hydrogen-bond acceptors (Lipinski definition) is 3. The summed E-state index contributed by atoms with van der Waals surface area (Å²) in [5.74, 6) is -0.253. The quantitative estimate of drug-likeness (QED) is 0.689. The average molecular weight is 313 g/mol. The Labute approximate surface area is 137 Å². The Hall–Kier alpha value is -2.30. The second-order valence-corrected chi connectivity index (χ2v) is 6.13. The van der Waals surface area contributed by atoms with E-state index in [4.69, 9.17) is 0 Å². The summed E-state index contributed by atoms with van der Waals surface area (Å²) in [6, 6.07) is 5.95. The molecule has 23 heavy (non-hydrogen) atoms. The van der Waals surface area contributed by atoms with Gasteiger partial charge in [0.1, 0.15) is 5.70 Å². The van der Waals surface area contributed by atoms with Crippen LogP contribution in [0.1, 0.15) is 37.3 Å². The maximum Gasteiger partial charge on any atom is 0.328 e. The number of nitrogens with one attached hydrogen (secondary N) is 1. The smallest absolute Gasteiger partial charge is 0.328 e. The fourth-order valence-electron chi connectivity index (χ4n) is 3.18. The van der Waals surface area contributed by atoms with Gasteiger partial charge in [0.05, 0.1) is 0 Å². The number of aryl methyl sites for hydroxylation is 1. The minimum absolute atomic E-state index is 0.253. The first kappa shape index (κ1) is 15.6. The van der Waals surface area contributed by atoms with E-state index < -0.39 is 0 Å². The van der Waals surface area contributed by atoms with E-state index in [2.05, 4.69) is 22.3 Å². The number of hydrogen-bond donors (Lipinski definition) is 1. The van der Waals surface area contributed by atoms with Crippen molar-refractivity contribution < 1.29 is 9.59 Å². The van der Waals surface area contributed by atoms with Crippen LogP contribution in [0.25, 0.3) is 6.08 Å². The van der Waals surface area contributed by atoms with Crippen molar-refractivity contribution in [1.82, 2.24) is 10.2 Å². The molecule has 0 saturated carbocycles. The molecular weight excluding hydrogens is 290 g/mol. The number of anilines is 1. The Morgan fingerprint density at radius 1 is 1.17 bits per heavy atom. The third-order valence-corrected chi connectivity index (χ3v) is 4.55. The Kier molecular flexibility index (Phi) is 4.37. The molecular formula is C18H23N3O2. The van der Waals surface area contributed by atoms with Gasteiger partial charge >= 0.3 is 6.03 Å². The lowest BCUT2D eigenvalue weighted by Crippen LogP contribution is -2.30. The molecule has 5 nitrogen and oxygen atoms in total. The van der Waals surface area contributed by atoms with Crippen LogP contribution >= 0.6 is 0 Å². The molecule has 0 aromatic heterocycles. The third kappa shape index (κ3) is 3.09. The fourth-order valence-corrected chi connectivity index (χ4v) is 3.18. The van der Waals surface area contributed by atoms with Crippen LogP contribution in [0.5, 0.6) is 0 Å². The maximum atomic E-state index is 12.1. The molecule has 2 aliphatic heterocycles. The average Bonchev–Trinajstić information content (AvgIpc) is 2.83. The number of carbonyl (C=O) groups is 2. The molecule has 0 aliphatic carbocycles. The van der Waals surface area contributed by atoms with Gasteiger partial charge in [-0.15, -0.1) is 0 Å². The van der Waals surface area contributed by atoms with Gasteiger partial charge in [-0.05, 0) is 62.4 Å². The van der Waals surface area contributed by atoms with Gasteiger partial charge in [0.15, 0.2) is 0 Å². The minimum Gasteiger partial charge on any atom is -0.372 e. The van der Waals surface area contributed by atoms with Crippen LogP contribution in [-0.2, 0) is 4.79 Å². The van der Waals surface area contributed by atoms with Crippen molar-refractivity contribution in [3.05, 3.63) is 35.0 Å². The molecule has 0 atom stereocenters. The molecule has 2 saturated heterocycles. The van der Waals surface area contributed by atoms with E-state index in [1.807, 2.05) is 13.0 Å². The third-order valence-electron chi connectivity index (χ3n) is 4.55. The highest BCUT2D eigenvalue weighted by Crippen LogP contribution is 2.24. The SMILES string of the molecule is CCN1C(=O)N/C(=C/c2ccc(N3CCCCC3)cc2C)C1=O. The zero-order valence-electron chi connectivity index (χ0n) is 13.8. The second-order valence-electron chi connectivity index (χ2n) is 6.13. The van der Waals surface area contributed by atoms with E-state index in [0.29, 0.717) is 12.2 Å². The number of imide groups is 1. The normalized spacial score (nSPS) is 20.3. The zero-order chi connectivity index (χ0) is 16.4. The molecule has 1 aromatic rings. The molecule has 1 N–H and O–H groups in total. The van der Waals surface area contributed by atoms with Gasteiger partial charge < -0.3 is 10.2 Å². The van der Waals surface area contributed by atoms with Crippen molar-refractivity contribution in [2.45, 2.75) is 33.1 Å². The van der Waals surface area contributed by atoms with Gasteiger partial charge in [-0.25, -0.2) is 4.79 Å². The monoisotopic (exact) mass is 313 g/mol. The van der Waals surface area contributed by atoms with Gasteiger partial charge in [0.25, 0.3) is 5.91 Å². The summed E-state index contributed by atoms with van der Waals surface area (Å²) in [5, 5.41) is 2.65. The number of likely N-dealkylation sites (N-methyl/N-ethyl adjacent to an activating group) is 1. The van der Waals surface area contributed by atoms with Crippen LogP contribution < -0.4 is 10.2 Å². The number of carbonyl (C=O) groups excluding carboxylic acids is 2. The predicted molar refractivity (Wildman–Crippen MR) is 91.1 cm³/mol. The molecule has 3 amide bonds.